The third kappa shape index (κ3) is 1.90. The van der Waals surface area contributed by atoms with Crippen LogP contribution in [0.1, 0.15) is 13.8 Å². The summed E-state index contributed by atoms with van der Waals surface area (Å²) in [6.07, 6.45) is 0. The van der Waals surface area contributed by atoms with Crippen LogP contribution in [0.4, 0.5) is 0 Å². The number of aromatic nitrogens is 1. The lowest BCUT2D eigenvalue weighted by atomic mass is 9.85. The van der Waals surface area contributed by atoms with Crippen LogP contribution < -0.4 is 10.3 Å². The molecule has 5 heteroatoms. The third-order valence-corrected chi connectivity index (χ3v) is 3.44. The van der Waals surface area contributed by atoms with Crippen molar-refractivity contribution >= 4 is 23.6 Å². The Bertz CT molecular complexity index is 647. The summed E-state index contributed by atoms with van der Waals surface area (Å²) < 4.78 is 16.9. The van der Waals surface area contributed by atoms with Crippen LogP contribution >= 0.6 is 0 Å². The average molecular weight is 257 g/mol. The van der Waals surface area contributed by atoms with Gasteiger partial charge in [0.25, 0.3) is 0 Å². The monoisotopic (exact) mass is 257 g/mol. The fraction of sp³-hybridized carbons (Fsp3) is 0.286. The summed E-state index contributed by atoms with van der Waals surface area (Å²) in [6.45, 7) is 7.77. The summed E-state index contributed by atoms with van der Waals surface area (Å²) in [7, 11) is 1.22. The van der Waals surface area contributed by atoms with Gasteiger partial charge in [0.15, 0.2) is 0 Å². The Morgan fingerprint density at radius 3 is 2.79 bits per heavy atom. The molecule has 1 aliphatic heterocycles. The van der Waals surface area contributed by atoms with Crippen molar-refractivity contribution in [1.29, 1.82) is 0 Å². The van der Waals surface area contributed by atoms with E-state index in [4.69, 9.17) is 14.0 Å². The van der Waals surface area contributed by atoms with Crippen molar-refractivity contribution in [3.05, 3.63) is 36.6 Å². The molecule has 0 aliphatic carbocycles. The Morgan fingerprint density at radius 1 is 1.37 bits per heavy atom. The summed E-state index contributed by atoms with van der Waals surface area (Å²) in [6, 6.07) is 7.86. The Balaban J connectivity index is 2.01. The van der Waals surface area contributed by atoms with Crippen LogP contribution in [0.3, 0.4) is 0 Å². The largest absolute Gasteiger partial charge is 0.580 e. The molecule has 2 aromatic rings. The minimum atomic E-state index is -0.466. The fourth-order valence-corrected chi connectivity index (χ4v) is 2.21. The molecule has 0 unspecified atom stereocenters. The fourth-order valence-electron chi connectivity index (χ4n) is 2.21. The number of benzene rings is 1. The second kappa shape index (κ2) is 4.06. The highest BCUT2D eigenvalue weighted by molar-refractivity contribution is 6.62. The molecule has 1 aromatic heterocycles. The first-order valence-corrected chi connectivity index (χ1v) is 6.21. The summed E-state index contributed by atoms with van der Waals surface area (Å²) in [5.41, 5.74) is 1.40. The van der Waals surface area contributed by atoms with Gasteiger partial charge in [-0.3, -0.25) is 0 Å². The Kier molecular flexibility index (Phi) is 2.60. The minimum Gasteiger partial charge on any atom is -0.533 e. The van der Waals surface area contributed by atoms with Crippen molar-refractivity contribution in [3.63, 3.8) is 0 Å². The third-order valence-electron chi connectivity index (χ3n) is 3.44. The number of hydrogen-bond acceptors (Lipinski definition) is 3. The molecule has 1 N–H and O–H groups in total. The molecule has 1 aliphatic rings. The van der Waals surface area contributed by atoms with Crippen molar-refractivity contribution in [1.82, 2.24) is 4.98 Å². The van der Waals surface area contributed by atoms with E-state index in [9.17, 15) is 0 Å². The molecule has 2 heterocycles. The van der Waals surface area contributed by atoms with Crippen LogP contribution in [-0.2, 0) is 9.31 Å². The summed E-state index contributed by atoms with van der Waals surface area (Å²) in [5, 5.41) is 1.02. The maximum atomic E-state index is 5.86. The lowest BCUT2D eigenvalue weighted by Crippen LogP contribution is -2.35. The second-order valence-electron chi connectivity index (χ2n) is 5.15. The zero-order valence-corrected chi connectivity index (χ0v) is 11.3. The lowest BCUT2D eigenvalue weighted by Gasteiger charge is -2.15. The Morgan fingerprint density at radius 2 is 2.16 bits per heavy atom. The molecule has 3 rings (SSSR count). The van der Waals surface area contributed by atoms with Crippen molar-refractivity contribution in [2.75, 3.05) is 7.11 Å². The maximum absolute atomic E-state index is 5.86. The van der Waals surface area contributed by atoms with E-state index >= 15 is 0 Å². The minimum absolute atomic E-state index is 0.445. The number of fused-ring (bicyclic) bond motifs is 1. The van der Waals surface area contributed by atoms with Gasteiger partial charge in [-0.05, 0) is 32.0 Å². The SMILES string of the molecule is C=C1OB(c2cc3c(OC)cccc3[nH]2)OC1(C)C. The second-order valence-corrected chi connectivity index (χ2v) is 5.15. The number of methoxy groups -OCH3 is 1. The van der Waals surface area contributed by atoms with E-state index in [1.807, 2.05) is 38.1 Å². The highest BCUT2D eigenvalue weighted by Crippen LogP contribution is 2.30. The Hall–Kier alpha value is -1.88. The van der Waals surface area contributed by atoms with Crippen LogP contribution in [0.25, 0.3) is 10.9 Å². The quantitative estimate of drug-likeness (QED) is 0.839. The summed E-state index contributed by atoms with van der Waals surface area (Å²) >= 11 is 0. The molecular formula is C14H16BNO3. The van der Waals surface area contributed by atoms with Crippen LogP contribution in [-0.4, -0.2) is 24.8 Å². The van der Waals surface area contributed by atoms with Crippen molar-refractivity contribution < 1.29 is 14.0 Å². The van der Waals surface area contributed by atoms with Gasteiger partial charge in [-0.1, -0.05) is 12.6 Å². The van der Waals surface area contributed by atoms with Gasteiger partial charge in [-0.15, -0.1) is 0 Å². The standard InChI is InChI=1S/C14H16BNO3/c1-9-14(2,3)19-15(18-9)13-8-10-11(16-13)6-5-7-12(10)17-4/h5-8,16H,1H2,2-4H3. The highest BCUT2D eigenvalue weighted by Gasteiger charge is 2.43. The van der Waals surface area contributed by atoms with Crippen LogP contribution in [0.2, 0.25) is 0 Å². The zero-order valence-electron chi connectivity index (χ0n) is 11.3. The van der Waals surface area contributed by atoms with Gasteiger partial charge < -0.3 is 19.0 Å². The molecule has 0 amide bonds. The highest BCUT2D eigenvalue weighted by atomic mass is 16.7. The van der Waals surface area contributed by atoms with Crippen molar-refractivity contribution in [2.24, 2.45) is 0 Å². The van der Waals surface area contributed by atoms with Crippen LogP contribution in [0.15, 0.2) is 36.6 Å². The molecule has 0 radical (unpaired) electrons. The maximum Gasteiger partial charge on any atom is 0.580 e. The summed E-state index contributed by atoms with van der Waals surface area (Å²) in [5.74, 6) is 1.47. The number of ether oxygens (including phenoxy) is 1. The van der Waals surface area contributed by atoms with Crippen molar-refractivity contribution in [2.45, 2.75) is 19.4 Å². The van der Waals surface area contributed by atoms with Gasteiger partial charge in [0.2, 0.25) is 0 Å². The predicted octanol–water partition coefficient (Wildman–Crippen LogP) is 2.21. The van der Waals surface area contributed by atoms with Gasteiger partial charge in [0.1, 0.15) is 11.4 Å². The van der Waals surface area contributed by atoms with E-state index in [0.717, 1.165) is 22.2 Å². The Labute approximate surface area is 112 Å². The molecule has 1 fully saturated rings. The topological polar surface area (TPSA) is 43.5 Å². The van der Waals surface area contributed by atoms with Gasteiger partial charge in [0, 0.05) is 10.9 Å². The molecular weight excluding hydrogens is 241 g/mol. The van der Waals surface area contributed by atoms with Gasteiger partial charge in [0.05, 0.1) is 18.5 Å². The average Bonchev–Trinajstić information content (AvgIpc) is 2.90. The smallest absolute Gasteiger partial charge is 0.533 e. The molecule has 0 saturated carbocycles. The molecule has 19 heavy (non-hydrogen) atoms. The van der Waals surface area contributed by atoms with Gasteiger partial charge in [-0.2, -0.15) is 0 Å². The molecule has 1 saturated heterocycles. The van der Waals surface area contributed by atoms with Crippen LogP contribution in [0, 0.1) is 0 Å². The summed E-state index contributed by atoms with van der Waals surface area (Å²) in [4.78, 5) is 3.30. The van der Waals surface area contributed by atoms with Gasteiger partial charge in [-0.25, -0.2) is 0 Å². The first kappa shape index (κ1) is 12.2. The number of H-pyrrole nitrogens is 1. The zero-order chi connectivity index (χ0) is 13.6. The molecule has 4 nitrogen and oxygen atoms in total. The molecule has 0 spiro atoms. The first-order valence-electron chi connectivity index (χ1n) is 6.21. The molecule has 0 bridgehead atoms. The van der Waals surface area contributed by atoms with E-state index in [1.165, 1.54) is 0 Å². The predicted molar refractivity (Wildman–Crippen MR) is 75.6 cm³/mol. The van der Waals surface area contributed by atoms with E-state index in [0.29, 0.717) is 5.76 Å². The number of aromatic amines is 1. The first-order chi connectivity index (χ1) is 9.01. The molecule has 98 valence electrons. The van der Waals surface area contributed by atoms with E-state index in [1.54, 1.807) is 7.11 Å². The lowest BCUT2D eigenvalue weighted by molar-refractivity contribution is 0.173. The van der Waals surface area contributed by atoms with E-state index in [-0.39, 0.29) is 0 Å². The van der Waals surface area contributed by atoms with Crippen LogP contribution in [0.5, 0.6) is 5.75 Å². The van der Waals surface area contributed by atoms with E-state index in [2.05, 4.69) is 11.6 Å². The number of nitrogens with one attached hydrogen (secondary N) is 1. The number of rotatable bonds is 2. The van der Waals surface area contributed by atoms with Gasteiger partial charge >= 0.3 is 7.12 Å². The van der Waals surface area contributed by atoms with E-state index < -0.39 is 12.7 Å². The molecule has 0 atom stereocenters. The number of hydrogen-bond donors (Lipinski definition) is 1. The molecule has 1 aromatic carbocycles. The van der Waals surface area contributed by atoms with Crippen molar-refractivity contribution in [3.8, 4) is 5.75 Å². The normalized spacial score (nSPS) is 17.8.